The van der Waals surface area contributed by atoms with Crippen molar-refractivity contribution in [3.8, 4) is 0 Å². The molecule has 21 heavy (non-hydrogen) atoms. The van der Waals surface area contributed by atoms with E-state index in [4.69, 9.17) is 0 Å². The van der Waals surface area contributed by atoms with E-state index in [1.807, 2.05) is 0 Å². The first kappa shape index (κ1) is 15.3. The fraction of sp³-hybridized carbons (Fsp3) is 0.200. The van der Waals surface area contributed by atoms with Crippen molar-refractivity contribution in [2.75, 3.05) is 5.32 Å². The maximum Gasteiger partial charge on any atom is 0.416 e. The molecule has 2 rings (SSSR count). The van der Waals surface area contributed by atoms with Crippen LogP contribution >= 0.6 is 0 Å². The van der Waals surface area contributed by atoms with Crippen molar-refractivity contribution in [3.63, 3.8) is 0 Å². The molecular formula is C15H12F5N. The van der Waals surface area contributed by atoms with Gasteiger partial charge in [0.1, 0.15) is 11.6 Å². The van der Waals surface area contributed by atoms with Crippen molar-refractivity contribution in [3.05, 3.63) is 65.2 Å². The van der Waals surface area contributed by atoms with E-state index in [1.165, 1.54) is 25.1 Å². The van der Waals surface area contributed by atoms with Gasteiger partial charge in [0.2, 0.25) is 0 Å². The van der Waals surface area contributed by atoms with E-state index in [0.29, 0.717) is 0 Å². The predicted molar refractivity (Wildman–Crippen MR) is 69.8 cm³/mol. The first-order valence-corrected chi connectivity index (χ1v) is 6.16. The first-order valence-electron chi connectivity index (χ1n) is 6.16. The normalized spacial score (nSPS) is 13.0. The predicted octanol–water partition coefficient (Wildman–Crippen LogP) is 5.16. The van der Waals surface area contributed by atoms with E-state index in [9.17, 15) is 22.0 Å². The Kier molecular flexibility index (Phi) is 4.16. The van der Waals surface area contributed by atoms with Crippen LogP contribution in [-0.2, 0) is 6.18 Å². The van der Waals surface area contributed by atoms with E-state index >= 15 is 0 Å². The van der Waals surface area contributed by atoms with Gasteiger partial charge in [-0.05, 0) is 36.8 Å². The van der Waals surface area contributed by atoms with E-state index < -0.39 is 29.4 Å². The average molecular weight is 301 g/mol. The minimum atomic E-state index is -4.51. The molecule has 0 heterocycles. The molecule has 0 bridgehead atoms. The van der Waals surface area contributed by atoms with Crippen LogP contribution in [0.15, 0.2) is 42.5 Å². The Morgan fingerprint density at radius 2 is 1.67 bits per heavy atom. The number of anilines is 1. The van der Waals surface area contributed by atoms with Crippen molar-refractivity contribution in [1.29, 1.82) is 0 Å². The van der Waals surface area contributed by atoms with Crippen LogP contribution in [0.1, 0.15) is 24.1 Å². The molecule has 2 aromatic rings. The molecule has 0 aromatic heterocycles. The van der Waals surface area contributed by atoms with Gasteiger partial charge in [-0.1, -0.05) is 18.2 Å². The molecule has 2 aromatic carbocycles. The molecule has 0 spiro atoms. The van der Waals surface area contributed by atoms with Gasteiger partial charge in [-0.15, -0.1) is 0 Å². The largest absolute Gasteiger partial charge is 0.416 e. The SMILES string of the molecule is CC(Nc1cc(F)ccc1F)c1ccccc1C(F)(F)F. The Hall–Kier alpha value is -2.11. The second-order valence-corrected chi connectivity index (χ2v) is 4.58. The Morgan fingerprint density at radius 3 is 2.33 bits per heavy atom. The lowest BCUT2D eigenvalue weighted by Gasteiger charge is -2.20. The number of halogens is 5. The third-order valence-electron chi connectivity index (χ3n) is 3.03. The van der Waals surface area contributed by atoms with Crippen molar-refractivity contribution < 1.29 is 22.0 Å². The van der Waals surface area contributed by atoms with Crippen LogP contribution in [0.4, 0.5) is 27.6 Å². The molecule has 0 saturated carbocycles. The Morgan fingerprint density at radius 1 is 1.00 bits per heavy atom. The molecule has 1 atom stereocenters. The summed E-state index contributed by atoms with van der Waals surface area (Å²) in [5.41, 5.74) is -1.02. The van der Waals surface area contributed by atoms with Gasteiger partial charge < -0.3 is 5.32 Å². The number of nitrogens with one attached hydrogen (secondary N) is 1. The van der Waals surface area contributed by atoms with Gasteiger partial charge in [-0.2, -0.15) is 13.2 Å². The zero-order chi connectivity index (χ0) is 15.6. The van der Waals surface area contributed by atoms with Gasteiger partial charge in [0.25, 0.3) is 0 Å². The minimum Gasteiger partial charge on any atom is -0.376 e. The Balaban J connectivity index is 2.33. The third kappa shape index (κ3) is 3.51. The van der Waals surface area contributed by atoms with Gasteiger partial charge in [0, 0.05) is 6.04 Å². The molecule has 0 aliphatic carbocycles. The lowest BCUT2D eigenvalue weighted by atomic mass is 10.0. The van der Waals surface area contributed by atoms with Crippen LogP contribution in [0.2, 0.25) is 0 Å². The topological polar surface area (TPSA) is 12.0 Å². The molecule has 0 saturated heterocycles. The summed E-state index contributed by atoms with van der Waals surface area (Å²) in [6, 6.07) is 6.93. The van der Waals surface area contributed by atoms with Crippen molar-refractivity contribution >= 4 is 5.69 Å². The monoisotopic (exact) mass is 301 g/mol. The second-order valence-electron chi connectivity index (χ2n) is 4.58. The molecule has 0 radical (unpaired) electrons. The fourth-order valence-corrected chi connectivity index (χ4v) is 2.05. The Bertz CT molecular complexity index is 636. The molecule has 112 valence electrons. The van der Waals surface area contributed by atoms with Crippen molar-refractivity contribution in [2.45, 2.75) is 19.1 Å². The standard InChI is InChI=1S/C15H12F5N/c1-9(21-14-8-10(16)6-7-13(14)17)11-4-2-3-5-12(11)15(18,19)20/h2-9,21H,1H3. The molecule has 1 unspecified atom stereocenters. The highest BCUT2D eigenvalue weighted by Gasteiger charge is 2.34. The van der Waals surface area contributed by atoms with Crippen molar-refractivity contribution in [1.82, 2.24) is 0 Å². The van der Waals surface area contributed by atoms with Crippen LogP contribution in [0, 0.1) is 11.6 Å². The molecule has 0 aliphatic rings. The summed E-state index contributed by atoms with van der Waals surface area (Å²) >= 11 is 0. The van der Waals surface area contributed by atoms with Gasteiger partial charge >= 0.3 is 6.18 Å². The van der Waals surface area contributed by atoms with E-state index in [2.05, 4.69) is 5.32 Å². The Labute approximate surface area is 118 Å². The second kappa shape index (κ2) is 5.71. The fourth-order valence-electron chi connectivity index (χ4n) is 2.05. The van der Waals surface area contributed by atoms with Crippen molar-refractivity contribution in [2.24, 2.45) is 0 Å². The van der Waals surface area contributed by atoms with E-state index in [1.54, 1.807) is 0 Å². The molecule has 0 fully saturated rings. The molecule has 0 amide bonds. The quantitative estimate of drug-likeness (QED) is 0.772. The number of rotatable bonds is 3. The van der Waals surface area contributed by atoms with Gasteiger partial charge in [0.05, 0.1) is 11.3 Å². The number of hydrogen-bond donors (Lipinski definition) is 1. The van der Waals surface area contributed by atoms with E-state index in [0.717, 1.165) is 24.3 Å². The summed E-state index contributed by atoms with van der Waals surface area (Å²) in [6.07, 6.45) is -4.51. The smallest absolute Gasteiger partial charge is 0.376 e. The lowest BCUT2D eigenvalue weighted by Crippen LogP contribution is -2.15. The van der Waals surface area contributed by atoms with Gasteiger partial charge in [-0.3, -0.25) is 0 Å². The maximum atomic E-state index is 13.5. The first-order chi connectivity index (χ1) is 9.79. The van der Waals surface area contributed by atoms with Gasteiger partial charge in [0.15, 0.2) is 0 Å². The summed E-state index contributed by atoms with van der Waals surface area (Å²) < 4.78 is 65.4. The number of benzene rings is 2. The van der Waals surface area contributed by atoms with Crippen LogP contribution in [0.5, 0.6) is 0 Å². The number of hydrogen-bond acceptors (Lipinski definition) is 1. The molecule has 1 nitrogen and oxygen atoms in total. The third-order valence-corrected chi connectivity index (χ3v) is 3.03. The lowest BCUT2D eigenvalue weighted by molar-refractivity contribution is -0.138. The highest BCUT2D eigenvalue weighted by atomic mass is 19.4. The summed E-state index contributed by atoms with van der Waals surface area (Å²) in [5.74, 6) is -1.40. The summed E-state index contributed by atoms with van der Waals surface area (Å²) in [4.78, 5) is 0. The zero-order valence-corrected chi connectivity index (χ0v) is 11.0. The van der Waals surface area contributed by atoms with Crippen LogP contribution in [0.3, 0.4) is 0 Å². The number of alkyl halides is 3. The highest BCUT2D eigenvalue weighted by molar-refractivity contribution is 5.48. The van der Waals surface area contributed by atoms with Gasteiger partial charge in [-0.25, -0.2) is 8.78 Å². The maximum absolute atomic E-state index is 13.5. The summed E-state index contributed by atoms with van der Waals surface area (Å²) in [7, 11) is 0. The molecular weight excluding hydrogens is 289 g/mol. The molecule has 1 N–H and O–H groups in total. The summed E-state index contributed by atoms with van der Waals surface area (Å²) in [5, 5.41) is 2.56. The summed E-state index contributed by atoms with van der Waals surface area (Å²) in [6.45, 7) is 1.45. The van der Waals surface area contributed by atoms with Crippen LogP contribution in [-0.4, -0.2) is 0 Å². The minimum absolute atomic E-state index is 0.0336. The molecule has 0 aliphatic heterocycles. The molecule has 6 heteroatoms. The highest BCUT2D eigenvalue weighted by Crippen LogP contribution is 2.35. The average Bonchev–Trinajstić information content (AvgIpc) is 2.42. The van der Waals surface area contributed by atoms with Crippen LogP contribution in [0.25, 0.3) is 0 Å². The van der Waals surface area contributed by atoms with E-state index in [-0.39, 0.29) is 11.3 Å². The zero-order valence-electron chi connectivity index (χ0n) is 11.0. The van der Waals surface area contributed by atoms with Crippen LogP contribution < -0.4 is 5.32 Å².